The molecule has 0 spiro atoms. The maximum Gasteiger partial charge on any atom is 0.252 e. The van der Waals surface area contributed by atoms with Crippen LogP contribution in [-0.2, 0) is 16.1 Å². The highest BCUT2D eigenvalue weighted by molar-refractivity contribution is 5.85. The summed E-state index contributed by atoms with van der Waals surface area (Å²) in [6, 6.07) is 10.5. The molecular formula is C18H27ClN2O2. The van der Waals surface area contributed by atoms with Gasteiger partial charge in [-0.25, -0.2) is 0 Å². The zero-order valence-electron chi connectivity index (χ0n) is 13.7. The van der Waals surface area contributed by atoms with Gasteiger partial charge >= 0.3 is 0 Å². The molecule has 1 unspecified atom stereocenters. The summed E-state index contributed by atoms with van der Waals surface area (Å²) < 4.78 is 5.83. The van der Waals surface area contributed by atoms with Gasteiger partial charge in [-0.2, -0.15) is 0 Å². The number of amides is 1. The van der Waals surface area contributed by atoms with Crippen molar-refractivity contribution >= 4 is 18.3 Å². The van der Waals surface area contributed by atoms with Crippen LogP contribution in [0.15, 0.2) is 30.3 Å². The van der Waals surface area contributed by atoms with Gasteiger partial charge in [-0.05, 0) is 44.1 Å². The largest absolute Gasteiger partial charge is 0.364 e. The minimum Gasteiger partial charge on any atom is -0.364 e. The van der Waals surface area contributed by atoms with Crippen molar-refractivity contribution in [3.63, 3.8) is 0 Å². The van der Waals surface area contributed by atoms with Crippen LogP contribution in [0.2, 0.25) is 0 Å². The van der Waals surface area contributed by atoms with E-state index in [0.717, 1.165) is 12.8 Å². The summed E-state index contributed by atoms with van der Waals surface area (Å²) in [5.41, 5.74) is 6.84. The van der Waals surface area contributed by atoms with Crippen LogP contribution in [0.5, 0.6) is 0 Å². The number of carbonyl (C=O) groups excluding carboxylic acids is 1. The number of benzene rings is 1. The van der Waals surface area contributed by atoms with Crippen LogP contribution in [0.25, 0.3) is 0 Å². The second-order valence-corrected chi connectivity index (χ2v) is 6.59. The smallest absolute Gasteiger partial charge is 0.252 e. The van der Waals surface area contributed by atoms with Crippen LogP contribution in [0.4, 0.5) is 0 Å². The molecule has 128 valence electrons. The second kappa shape index (κ2) is 8.13. The van der Waals surface area contributed by atoms with E-state index in [-0.39, 0.29) is 36.6 Å². The van der Waals surface area contributed by atoms with Gasteiger partial charge in [0, 0.05) is 19.1 Å². The van der Waals surface area contributed by atoms with E-state index in [9.17, 15) is 4.79 Å². The molecule has 1 aliphatic heterocycles. The third-order valence-corrected chi connectivity index (χ3v) is 4.92. The molecule has 23 heavy (non-hydrogen) atoms. The Kier molecular flexibility index (Phi) is 6.45. The lowest BCUT2D eigenvalue weighted by atomic mass is 10.1. The van der Waals surface area contributed by atoms with Crippen LogP contribution in [0.1, 0.15) is 38.2 Å². The van der Waals surface area contributed by atoms with Crippen LogP contribution >= 0.6 is 12.4 Å². The predicted molar refractivity (Wildman–Crippen MR) is 93.4 cm³/mol. The molecule has 2 aliphatic rings. The maximum atomic E-state index is 12.9. The molecule has 0 bridgehead atoms. The van der Waals surface area contributed by atoms with Crippen molar-refractivity contribution in [2.45, 2.75) is 57.4 Å². The topological polar surface area (TPSA) is 55.6 Å². The summed E-state index contributed by atoms with van der Waals surface area (Å²) in [5, 5.41) is 0. The Hall–Kier alpha value is -1.10. The van der Waals surface area contributed by atoms with Gasteiger partial charge in [0.2, 0.25) is 0 Å². The Labute approximate surface area is 144 Å². The summed E-state index contributed by atoms with van der Waals surface area (Å²) in [6.45, 7) is 3.35. The summed E-state index contributed by atoms with van der Waals surface area (Å²) in [5.74, 6) is 0.790. The maximum absolute atomic E-state index is 12.9. The highest BCUT2D eigenvalue weighted by Gasteiger charge is 2.39. The molecule has 1 aliphatic carbocycles. The van der Waals surface area contributed by atoms with E-state index in [1.807, 2.05) is 23.1 Å². The van der Waals surface area contributed by atoms with Gasteiger partial charge < -0.3 is 15.4 Å². The van der Waals surface area contributed by atoms with Crippen molar-refractivity contribution in [1.29, 1.82) is 0 Å². The van der Waals surface area contributed by atoms with E-state index in [0.29, 0.717) is 19.0 Å². The predicted octanol–water partition coefficient (Wildman–Crippen LogP) is 2.74. The van der Waals surface area contributed by atoms with E-state index >= 15 is 0 Å². The van der Waals surface area contributed by atoms with Gasteiger partial charge in [-0.3, -0.25) is 4.79 Å². The summed E-state index contributed by atoms with van der Waals surface area (Å²) in [4.78, 5) is 15.0. The molecule has 3 atom stereocenters. The SMILES string of the molecule is CC(C1CC1)N(Cc1ccccc1)C(=O)[C@@H]1CC[C@H](CN)O1.Cl. The Morgan fingerprint density at radius 1 is 1.26 bits per heavy atom. The Bertz CT molecular complexity index is 507. The summed E-state index contributed by atoms with van der Waals surface area (Å²) in [7, 11) is 0. The van der Waals surface area contributed by atoms with Gasteiger partial charge in [0.05, 0.1) is 6.10 Å². The number of halogens is 1. The van der Waals surface area contributed by atoms with Crippen LogP contribution < -0.4 is 5.73 Å². The normalized spacial score (nSPS) is 24.8. The third kappa shape index (κ3) is 4.46. The highest BCUT2D eigenvalue weighted by atomic mass is 35.5. The number of nitrogens with zero attached hydrogens (tertiary/aromatic N) is 1. The number of hydrogen-bond donors (Lipinski definition) is 1. The van der Waals surface area contributed by atoms with Crippen LogP contribution in [0.3, 0.4) is 0 Å². The molecule has 1 saturated carbocycles. The Morgan fingerprint density at radius 2 is 1.96 bits per heavy atom. The molecule has 5 heteroatoms. The number of ether oxygens (including phenoxy) is 1. The molecule has 1 aromatic rings. The van der Waals surface area contributed by atoms with Gasteiger partial charge in [0.25, 0.3) is 5.91 Å². The van der Waals surface area contributed by atoms with Gasteiger partial charge in [-0.1, -0.05) is 30.3 Å². The minimum absolute atomic E-state index is 0. The molecular weight excluding hydrogens is 312 g/mol. The highest BCUT2D eigenvalue weighted by Crippen LogP contribution is 2.36. The Balaban J connectivity index is 0.00000192. The van der Waals surface area contributed by atoms with Crippen LogP contribution in [0, 0.1) is 5.92 Å². The van der Waals surface area contributed by atoms with Crippen molar-refractivity contribution in [2.75, 3.05) is 6.54 Å². The van der Waals surface area contributed by atoms with Gasteiger partial charge in [0.1, 0.15) is 6.10 Å². The first-order valence-corrected chi connectivity index (χ1v) is 8.39. The van der Waals surface area contributed by atoms with Crippen molar-refractivity contribution in [3.05, 3.63) is 35.9 Å². The molecule has 1 aromatic carbocycles. The molecule has 0 aromatic heterocycles. The van der Waals surface area contributed by atoms with Crippen molar-refractivity contribution in [1.82, 2.24) is 4.90 Å². The van der Waals surface area contributed by atoms with Crippen molar-refractivity contribution < 1.29 is 9.53 Å². The fraction of sp³-hybridized carbons (Fsp3) is 0.611. The second-order valence-electron chi connectivity index (χ2n) is 6.59. The number of carbonyl (C=O) groups is 1. The number of nitrogens with two attached hydrogens (primary N) is 1. The monoisotopic (exact) mass is 338 g/mol. The quantitative estimate of drug-likeness (QED) is 0.867. The van der Waals surface area contributed by atoms with E-state index in [1.54, 1.807) is 0 Å². The van der Waals surface area contributed by atoms with Crippen LogP contribution in [-0.4, -0.2) is 35.6 Å². The fourth-order valence-electron chi connectivity index (χ4n) is 3.28. The van der Waals surface area contributed by atoms with Gasteiger partial charge in [0.15, 0.2) is 0 Å². The first kappa shape index (κ1) is 18.2. The molecule has 3 rings (SSSR count). The zero-order valence-corrected chi connectivity index (χ0v) is 14.5. The molecule has 1 amide bonds. The third-order valence-electron chi connectivity index (χ3n) is 4.92. The van der Waals surface area contributed by atoms with E-state index < -0.39 is 0 Å². The number of hydrogen-bond acceptors (Lipinski definition) is 3. The zero-order chi connectivity index (χ0) is 15.5. The molecule has 0 radical (unpaired) electrons. The van der Waals surface area contributed by atoms with E-state index in [4.69, 9.17) is 10.5 Å². The standard InChI is InChI=1S/C18H26N2O2.ClH/c1-13(15-7-8-15)20(12-14-5-3-2-4-6-14)18(21)17-10-9-16(11-19)22-17;/h2-6,13,15-17H,7-12,19H2,1H3;1H/t13?,16-,17+;/m1./s1. The van der Waals surface area contributed by atoms with E-state index in [2.05, 4.69) is 19.1 Å². The molecule has 4 nitrogen and oxygen atoms in total. The lowest BCUT2D eigenvalue weighted by Crippen LogP contribution is -2.45. The lowest BCUT2D eigenvalue weighted by Gasteiger charge is -2.31. The molecule has 1 heterocycles. The fourth-order valence-corrected chi connectivity index (χ4v) is 3.28. The molecule has 2 fully saturated rings. The summed E-state index contributed by atoms with van der Waals surface area (Å²) in [6.07, 6.45) is 3.89. The average molecular weight is 339 g/mol. The summed E-state index contributed by atoms with van der Waals surface area (Å²) >= 11 is 0. The van der Waals surface area contributed by atoms with Crippen molar-refractivity contribution in [3.8, 4) is 0 Å². The number of rotatable bonds is 6. The lowest BCUT2D eigenvalue weighted by molar-refractivity contribution is -0.146. The van der Waals surface area contributed by atoms with Crippen molar-refractivity contribution in [2.24, 2.45) is 11.7 Å². The first-order chi connectivity index (χ1) is 10.7. The van der Waals surface area contributed by atoms with E-state index in [1.165, 1.54) is 18.4 Å². The minimum atomic E-state index is -0.307. The first-order valence-electron chi connectivity index (χ1n) is 8.39. The molecule has 1 saturated heterocycles. The Morgan fingerprint density at radius 3 is 2.52 bits per heavy atom. The van der Waals surface area contributed by atoms with Gasteiger partial charge in [-0.15, -0.1) is 12.4 Å². The molecule has 2 N–H and O–H groups in total. The average Bonchev–Trinajstić information content (AvgIpc) is 3.29.